The number of nitrogens with one attached hydrogen (secondary N) is 1. The number of halogens is 1. The highest BCUT2D eigenvalue weighted by molar-refractivity contribution is 5.74. The molecule has 1 aromatic heterocycles. The molecule has 2 aromatic carbocycles. The quantitative estimate of drug-likeness (QED) is 0.597. The van der Waals surface area contributed by atoms with Gasteiger partial charge in [0.1, 0.15) is 24.4 Å². The molecule has 4 atom stereocenters. The van der Waals surface area contributed by atoms with Gasteiger partial charge in [-0.05, 0) is 25.1 Å². The van der Waals surface area contributed by atoms with Crippen LogP contribution in [-0.2, 0) is 11.3 Å². The summed E-state index contributed by atoms with van der Waals surface area (Å²) in [5.74, 6) is 0.207. The summed E-state index contributed by atoms with van der Waals surface area (Å²) in [7, 11) is 0. The highest BCUT2D eigenvalue weighted by atomic mass is 19.1. The van der Waals surface area contributed by atoms with Gasteiger partial charge < -0.3 is 14.9 Å². The number of ether oxygens (including phenoxy) is 1. The van der Waals surface area contributed by atoms with Crippen molar-refractivity contribution in [3.63, 3.8) is 0 Å². The van der Waals surface area contributed by atoms with E-state index in [1.54, 1.807) is 30.4 Å². The average molecular weight is 423 g/mol. The number of aliphatic imine (C=N–C) groups is 1. The maximum Gasteiger partial charge on any atom is 0.181 e. The second-order valence-corrected chi connectivity index (χ2v) is 7.67. The summed E-state index contributed by atoms with van der Waals surface area (Å²) in [5.41, 5.74) is 6.13. The predicted octanol–water partition coefficient (Wildman–Crippen LogP) is 2.83. The fraction of sp³-hybridized carbons (Fsp3) is 0.273. The number of aromatic nitrogens is 2. The zero-order valence-corrected chi connectivity index (χ0v) is 16.8. The maximum absolute atomic E-state index is 13.6. The predicted molar refractivity (Wildman–Crippen MR) is 113 cm³/mol. The molecule has 0 aliphatic carbocycles. The summed E-state index contributed by atoms with van der Waals surface area (Å²) in [6, 6.07) is 15.8. The Morgan fingerprint density at radius 2 is 1.90 bits per heavy atom. The monoisotopic (exact) mass is 423 g/mol. The van der Waals surface area contributed by atoms with Gasteiger partial charge in [0.05, 0.1) is 24.0 Å². The van der Waals surface area contributed by atoms with E-state index in [2.05, 4.69) is 10.4 Å². The highest BCUT2D eigenvalue weighted by Crippen LogP contribution is 2.39. The molecule has 0 bridgehead atoms. The van der Waals surface area contributed by atoms with E-state index in [0.29, 0.717) is 23.7 Å². The van der Waals surface area contributed by atoms with E-state index < -0.39 is 24.5 Å². The Balaban J connectivity index is 1.53. The molecule has 8 nitrogen and oxygen atoms in total. The van der Waals surface area contributed by atoms with Gasteiger partial charge >= 0.3 is 0 Å². The van der Waals surface area contributed by atoms with E-state index in [-0.39, 0.29) is 5.82 Å². The largest absolute Gasteiger partial charge is 0.388 e. The van der Waals surface area contributed by atoms with Gasteiger partial charge in [-0.2, -0.15) is 5.10 Å². The number of fused-ring (bicyclic) bond motifs is 1. The van der Waals surface area contributed by atoms with Crippen LogP contribution in [0, 0.1) is 5.82 Å². The molecule has 0 radical (unpaired) electrons. The first-order chi connectivity index (χ1) is 15.0. The lowest BCUT2D eigenvalue weighted by atomic mass is 10.1. The van der Waals surface area contributed by atoms with Gasteiger partial charge in [-0.3, -0.25) is 10.4 Å². The number of rotatable bonds is 4. The molecule has 1 fully saturated rings. The van der Waals surface area contributed by atoms with Crippen molar-refractivity contribution in [3.05, 3.63) is 66.0 Å². The summed E-state index contributed by atoms with van der Waals surface area (Å²) >= 11 is 0. The third-order valence-electron chi connectivity index (χ3n) is 5.49. The van der Waals surface area contributed by atoms with E-state index in [1.807, 2.05) is 30.3 Å². The summed E-state index contributed by atoms with van der Waals surface area (Å²) in [6.45, 7) is 2.11. The molecule has 0 spiro atoms. The lowest BCUT2D eigenvalue weighted by Crippen LogP contribution is -2.32. The zero-order valence-electron chi connectivity index (χ0n) is 16.8. The van der Waals surface area contributed by atoms with Gasteiger partial charge in [-0.1, -0.05) is 36.4 Å². The summed E-state index contributed by atoms with van der Waals surface area (Å²) in [4.78, 5) is 4.54. The van der Waals surface area contributed by atoms with Crippen LogP contribution in [0.4, 0.5) is 15.9 Å². The van der Waals surface area contributed by atoms with Gasteiger partial charge in [-0.15, -0.1) is 0 Å². The fourth-order valence-corrected chi connectivity index (χ4v) is 3.91. The smallest absolute Gasteiger partial charge is 0.181 e. The van der Waals surface area contributed by atoms with Crippen molar-refractivity contribution in [2.75, 3.05) is 5.43 Å². The molecule has 0 unspecified atom stereocenters. The van der Waals surface area contributed by atoms with Crippen molar-refractivity contribution in [1.29, 1.82) is 0 Å². The molecule has 3 heterocycles. The molecule has 2 aliphatic heterocycles. The third-order valence-corrected chi connectivity index (χ3v) is 5.49. The lowest BCUT2D eigenvalue weighted by molar-refractivity contribution is -0.0384. The highest BCUT2D eigenvalue weighted by Gasteiger charge is 2.43. The van der Waals surface area contributed by atoms with E-state index in [4.69, 9.17) is 9.84 Å². The number of hydrogen-bond donors (Lipinski definition) is 3. The Morgan fingerprint density at radius 3 is 2.61 bits per heavy atom. The van der Waals surface area contributed by atoms with E-state index in [0.717, 1.165) is 11.1 Å². The van der Waals surface area contributed by atoms with E-state index >= 15 is 0 Å². The summed E-state index contributed by atoms with van der Waals surface area (Å²) < 4.78 is 20.9. The van der Waals surface area contributed by atoms with Crippen LogP contribution in [0.25, 0.3) is 11.3 Å². The second kappa shape index (κ2) is 7.77. The van der Waals surface area contributed by atoms with Crippen LogP contribution in [0.2, 0.25) is 0 Å². The van der Waals surface area contributed by atoms with Crippen LogP contribution in [0.1, 0.15) is 18.7 Å². The standard InChI is InChI=1S/C22H22FN5O3/c1-13-19(29)20(30)22(31-13)28-21-17(18(26-28)14-6-3-2-4-7-14)11-27(12-24-21)25-16-9-5-8-15(23)10-16/h2-10,12-13,19-20,22,25,29-30H,11H2,1H3/t13-,19-,20-,22-/m1/s1. The topological polar surface area (TPSA) is 95.1 Å². The van der Waals surface area contributed by atoms with Crippen LogP contribution in [0.5, 0.6) is 0 Å². The van der Waals surface area contributed by atoms with Crippen molar-refractivity contribution in [1.82, 2.24) is 14.8 Å². The average Bonchev–Trinajstić information content (AvgIpc) is 3.27. The molecule has 3 N–H and O–H groups in total. The number of hydrogen-bond acceptors (Lipinski definition) is 7. The number of anilines is 1. The molecule has 160 valence electrons. The Morgan fingerprint density at radius 1 is 1.10 bits per heavy atom. The Hall–Kier alpha value is -3.27. The number of nitrogens with zero attached hydrogens (tertiary/aromatic N) is 4. The van der Waals surface area contributed by atoms with Crippen LogP contribution in [0.3, 0.4) is 0 Å². The van der Waals surface area contributed by atoms with Crippen LogP contribution < -0.4 is 5.43 Å². The molecule has 0 saturated carbocycles. The minimum absolute atomic E-state index is 0.336. The number of benzene rings is 2. The van der Waals surface area contributed by atoms with Gasteiger partial charge in [-0.25, -0.2) is 14.1 Å². The van der Waals surface area contributed by atoms with Gasteiger partial charge in [0.15, 0.2) is 12.0 Å². The maximum atomic E-state index is 13.6. The summed E-state index contributed by atoms with van der Waals surface area (Å²) in [6.07, 6.45) is -1.93. The first kappa shape index (κ1) is 19.7. The normalized spacial score (nSPS) is 25.0. The Bertz CT molecular complexity index is 1120. The fourth-order valence-electron chi connectivity index (χ4n) is 3.91. The number of aliphatic hydroxyl groups is 2. The minimum Gasteiger partial charge on any atom is -0.388 e. The molecule has 9 heteroatoms. The van der Waals surface area contributed by atoms with Gasteiger partial charge in [0.2, 0.25) is 0 Å². The van der Waals surface area contributed by atoms with Crippen LogP contribution in [0.15, 0.2) is 59.6 Å². The minimum atomic E-state index is -1.12. The van der Waals surface area contributed by atoms with Crippen molar-refractivity contribution < 1.29 is 19.3 Å². The molecular formula is C22H22FN5O3. The number of hydrazine groups is 1. The second-order valence-electron chi connectivity index (χ2n) is 7.67. The van der Waals surface area contributed by atoms with Gasteiger partial charge in [0, 0.05) is 11.1 Å². The molecule has 2 aliphatic rings. The molecular weight excluding hydrogens is 401 g/mol. The first-order valence-electron chi connectivity index (χ1n) is 10.0. The Kier molecular flexibility index (Phi) is 4.93. The lowest BCUT2D eigenvalue weighted by Gasteiger charge is -2.25. The van der Waals surface area contributed by atoms with Crippen molar-refractivity contribution in [2.24, 2.45) is 4.99 Å². The first-order valence-corrected chi connectivity index (χ1v) is 10.0. The van der Waals surface area contributed by atoms with Crippen molar-refractivity contribution in [2.45, 2.75) is 38.0 Å². The number of aliphatic hydroxyl groups excluding tert-OH is 2. The van der Waals surface area contributed by atoms with E-state index in [1.165, 1.54) is 16.8 Å². The summed E-state index contributed by atoms with van der Waals surface area (Å²) in [5, 5.41) is 27.1. The van der Waals surface area contributed by atoms with E-state index in [9.17, 15) is 14.6 Å². The van der Waals surface area contributed by atoms with Crippen LogP contribution in [-0.4, -0.2) is 49.7 Å². The molecule has 31 heavy (non-hydrogen) atoms. The zero-order chi connectivity index (χ0) is 21.5. The van der Waals surface area contributed by atoms with Crippen LogP contribution >= 0.6 is 0 Å². The molecule has 5 rings (SSSR count). The van der Waals surface area contributed by atoms with Crippen molar-refractivity contribution >= 4 is 17.8 Å². The molecule has 0 amide bonds. The Labute approximate surface area is 178 Å². The van der Waals surface area contributed by atoms with Crippen molar-refractivity contribution in [3.8, 4) is 11.3 Å². The van der Waals surface area contributed by atoms with Gasteiger partial charge in [0.25, 0.3) is 0 Å². The molecule has 1 saturated heterocycles. The third kappa shape index (κ3) is 3.56. The molecule has 3 aromatic rings. The SMILES string of the molecule is C[C@H]1O[C@@H](n2nc(-c3ccccc3)c3c2N=CN(Nc2cccc(F)c2)C3)[C@H](O)[C@@H]1O.